The summed E-state index contributed by atoms with van der Waals surface area (Å²) >= 11 is 8.64. The van der Waals surface area contributed by atoms with Crippen LogP contribution in [0.15, 0.2) is 34.4 Å². The van der Waals surface area contributed by atoms with Crippen molar-refractivity contribution in [1.29, 1.82) is 0 Å². The molecule has 0 radical (unpaired) electrons. The van der Waals surface area contributed by atoms with Crippen LogP contribution in [0.25, 0.3) is 4.96 Å². The maximum absolute atomic E-state index is 5.98. The van der Waals surface area contributed by atoms with E-state index in [4.69, 9.17) is 4.74 Å². The van der Waals surface area contributed by atoms with Gasteiger partial charge in [0, 0.05) is 33.1 Å². The largest absolute Gasteiger partial charge is 0.487 e. The van der Waals surface area contributed by atoms with Crippen molar-refractivity contribution in [3.8, 4) is 5.75 Å². The number of aryl methyl sites for hydroxylation is 1. The molecule has 104 valence electrons. The van der Waals surface area contributed by atoms with Crippen LogP contribution in [-0.2, 0) is 11.9 Å². The summed E-state index contributed by atoms with van der Waals surface area (Å²) in [5, 5.41) is 2.79. The minimum Gasteiger partial charge on any atom is -0.487 e. The van der Waals surface area contributed by atoms with E-state index in [1.54, 1.807) is 11.3 Å². The first kappa shape index (κ1) is 14.1. The van der Waals surface area contributed by atoms with Crippen molar-refractivity contribution >= 4 is 48.2 Å². The summed E-state index contributed by atoms with van der Waals surface area (Å²) in [6, 6.07) is 4.13. The van der Waals surface area contributed by atoms with Gasteiger partial charge in [0.2, 0.25) is 0 Å². The van der Waals surface area contributed by atoms with Gasteiger partial charge in [-0.05, 0) is 24.6 Å². The first-order valence-corrected chi connectivity index (χ1v) is 8.85. The Balaban J connectivity index is 1.82. The van der Waals surface area contributed by atoms with E-state index >= 15 is 0 Å². The summed E-state index contributed by atoms with van der Waals surface area (Å²) in [5.41, 5.74) is 3.20. The van der Waals surface area contributed by atoms with Gasteiger partial charge in [-0.2, -0.15) is 0 Å². The molecule has 0 spiro atoms. The number of hydrogen-bond acceptors (Lipinski definition) is 3. The van der Waals surface area contributed by atoms with Crippen LogP contribution in [0.4, 0.5) is 0 Å². The van der Waals surface area contributed by atoms with Crippen LogP contribution in [0.3, 0.4) is 0 Å². The van der Waals surface area contributed by atoms with Crippen LogP contribution in [0.2, 0.25) is 0 Å². The molecule has 0 bridgehead atoms. The molecule has 6 heteroatoms. The predicted molar refractivity (Wildman–Crippen MR) is 88.9 cm³/mol. The SMILES string of the molecule is Cc1cc(Br)cc(CBr)c1OCc1cn2ccsc2n1. The zero-order valence-corrected chi connectivity index (χ0v) is 14.8. The molecule has 0 aliphatic heterocycles. The minimum atomic E-state index is 0.483. The van der Waals surface area contributed by atoms with Crippen LogP contribution in [0, 0.1) is 6.92 Å². The first-order chi connectivity index (χ1) is 9.67. The topological polar surface area (TPSA) is 26.5 Å². The molecule has 3 rings (SSSR count). The van der Waals surface area contributed by atoms with E-state index in [1.807, 2.05) is 22.2 Å². The Morgan fingerprint density at radius 3 is 3.00 bits per heavy atom. The standard InChI is InChI=1S/C14H12Br2N2OS/c1-9-4-11(16)5-10(6-15)13(9)19-8-12-7-18-2-3-20-14(18)17-12/h2-5,7H,6,8H2,1H3. The number of nitrogens with zero attached hydrogens (tertiary/aromatic N) is 2. The Bertz CT molecular complexity index is 722. The molecule has 0 aliphatic carbocycles. The summed E-state index contributed by atoms with van der Waals surface area (Å²) in [5.74, 6) is 0.932. The second-order valence-electron chi connectivity index (χ2n) is 4.46. The summed E-state index contributed by atoms with van der Waals surface area (Å²) in [6.07, 6.45) is 4.01. The number of benzene rings is 1. The van der Waals surface area contributed by atoms with Crippen LogP contribution < -0.4 is 4.74 Å². The van der Waals surface area contributed by atoms with Gasteiger partial charge < -0.3 is 4.74 Å². The second kappa shape index (κ2) is 5.87. The van der Waals surface area contributed by atoms with E-state index in [9.17, 15) is 0 Å². The summed E-state index contributed by atoms with van der Waals surface area (Å²) in [7, 11) is 0. The highest BCUT2D eigenvalue weighted by atomic mass is 79.9. The van der Waals surface area contributed by atoms with Crippen molar-refractivity contribution in [2.45, 2.75) is 18.9 Å². The third kappa shape index (κ3) is 2.77. The average molecular weight is 416 g/mol. The normalized spacial score (nSPS) is 11.2. The monoisotopic (exact) mass is 414 g/mol. The van der Waals surface area contributed by atoms with Crippen LogP contribution in [0.5, 0.6) is 5.75 Å². The zero-order valence-electron chi connectivity index (χ0n) is 10.8. The Hall–Kier alpha value is -0.850. The van der Waals surface area contributed by atoms with E-state index in [-0.39, 0.29) is 0 Å². The molecule has 20 heavy (non-hydrogen) atoms. The van der Waals surface area contributed by atoms with Gasteiger partial charge in [0.05, 0.1) is 5.69 Å². The second-order valence-corrected chi connectivity index (χ2v) is 6.81. The lowest BCUT2D eigenvalue weighted by Gasteiger charge is -2.12. The quantitative estimate of drug-likeness (QED) is 0.564. The Kier molecular flexibility index (Phi) is 4.14. The first-order valence-electron chi connectivity index (χ1n) is 6.06. The van der Waals surface area contributed by atoms with E-state index in [0.29, 0.717) is 6.61 Å². The molecular formula is C14H12Br2N2OS. The molecule has 0 N–H and O–H groups in total. The number of halogens is 2. The van der Waals surface area contributed by atoms with E-state index in [1.165, 1.54) is 0 Å². The van der Waals surface area contributed by atoms with Crippen LogP contribution in [0.1, 0.15) is 16.8 Å². The Morgan fingerprint density at radius 2 is 2.25 bits per heavy atom. The van der Waals surface area contributed by atoms with Crippen LogP contribution in [-0.4, -0.2) is 9.38 Å². The number of ether oxygens (including phenoxy) is 1. The highest BCUT2D eigenvalue weighted by Crippen LogP contribution is 2.30. The van der Waals surface area contributed by atoms with Gasteiger partial charge in [0.1, 0.15) is 12.4 Å². The van der Waals surface area contributed by atoms with Gasteiger partial charge in [-0.25, -0.2) is 4.98 Å². The highest BCUT2D eigenvalue weighted by Gasteiger charge is 2.10. The number of imidazole rings is 1. The molecule has 0 aliphatic rings. The molecule has 0 fully saturated rings. The fraction of sp³-hybridized carbons (Fsp3) is 0.214. The number of hydrogen-bond donors (Lipinski definition) is 0. The summed E-state index contributed by atoms with van der Waals surface area (Å²) in [4.78, 5) is 5.52. The van der Waals surface area contributed by atoms with Gasteiger partial charge in [0.15, 0.2) is 4.96 Å². The molecule has 2 aromatic heterocycles. The van der Waals surface area contributed by atoms with E-state index in [2.05, 4.69) is 55.9 Å². The van der Waals surface area contributed by atoms with Crippen molar-refractivity contribution in [3.05, 3.63) is 51.2 Å². The third-order valence-electron chi connectivity index (χ3n) is 2.97. The summed E-state index contributed by atoms with van der Waals surface area (Å²) < 4.78 is 9.06. The Labute approximate surface area is 137 Å². The molecule has 0 saturated carbocycles. The Morgan fingerprint density at radius 1 is 1.40 bits per heavy atom. The predicted octanol–water partition coefficient (Wildman–Crippen LogP) is 4.94. The molecule has 1 aromatic carbocycles. The van der Waals surface area contributed by atoms with Crippen molar-refractivity contribution < 1.29 is 4.74 Å². The lowest BCUT2D eigenvalue weighted by molar-refractivity contribution is 0.297. The molecule has 3 nitrogen and oxygen atoms in total. The van der Waals surface area contributed by atoms with Crippen molar-refractivity contribution in [2.75, 3.05) is 0 Å². The molecular weight excluding hydrogens is 404 g/mol. The molecule has 0 atom stereocenters. The van der Waals surface area contributed by atoms with Gasteiger partial charge in [-0.1, -0.05) is 31.9 Å². The lowest BCUT2D eigenvalue weighted by atomic mass is 10.1. The number of rotatable bonds is 4. The number of fused-ring (bicyclic) bond motifs is 1. The lowest BCUT2D eigenvalue weighted by Crippen LogP contribution is -2.00. The third-order valence-corrected chi connectivity index (χ3v) is 4.80. The van der Waals surface area contributed by atoms with Crippen LogP contribution >= 0.6 is 43.2 Å². The minimum absolute atomic E-state index is 0.483. The van der Waals surface area contributed by atoms with Gasteiger partial charge in [-0.15, -0.1) is 11.3 Å². The van der Waals surface area contributed by atoms with Gasteiger partial charge in [0.25, 0.3) is 0 Å². The zero-order chi connectivity index (χ0) is 14.1. The summed E-state index contributed by atoms with van der Waals surface area (Å²) in [6.45, 7) is 2.54. The number of thiazole rings is 1. The van der Waals surface area contributed by atoms with Crippen molar-refractivity contribution in [1.82, 2.24) is 9.38 Å². The van der Waals surface area contributed by atoms with Crippen molar-refractivity contribution in [2.24, 2.45) is 0 Å². The smallest absolute Gasteiger partial charge is 0.193 e. The van der Waals surface area contributed by atoms with Gasteiger partial charge >= 0.3 is 0 Å². The number of alkyl halides is 1. The van der Waals surface area contributed by atoms with E-state index in [0.717, 1.165) is 37.3 Å². The fourth-order valence-corrected chi connectivity index (χ4v) is 3.85. The number of aromatic nitrogens is 2. The average Bonchev–Trinajstić information content (AvgIpc) is 2.97. The molecule has 0 saturated heterocycles. The van der Waals surface area contributed by atoms with E-state index < -0.39 is 0 Å². The highest BCUT2D eigenvalue weighted by molar-refractivity contribution is 9.10. The molecule has 2 heterocycles. The molecule has 0 amide bonds. The molecule has 3 aromatic rings. The fourth-order valence-electron chi connectivity index (χ4n) is 2.10. The maximum Gasteiger partial charge on any atom is 0.193 e. The molecule has 0 unspecified atom stereocenters. The van der Waals surface area contributed by atoms with Crippen molar-refractivity contribution in [3.63, 3.8) is 0 Å². The van der Waals surface area contributed by atoms with Gasteiger partial charge in [-0.3, -0.25) is 4.40 Å². The maximum atomic E-state index is 5.98.